The average Bonchev–Trinajstić information content (AvgIpc) is 2.18. The van der Waals surface area contributed by atoms with Gasteiger partial charge in [-0.25, -0.2) is 0 Å². The number of allylic oxidation sites excluding steroid dienone is 1. The zero-order chi connectivity index (χ0) is 11.4. The molecule has 0 unspecified atom stereocenters. The Kier molecular flexibility index (Phi) is 3.91. The van der Waals surface area contributed by atoms with Crippen LogP contribution in [0.3, 0.4) is 0 Å². The van der Waals surface area contributed by atoms with Gasteiger partial charge in [0.2, 0.25) is 0 Å². The molecule has 0 aromatic heterocycles. The van der Waals surface area contributed by atoms with E-state index in [0.29, 0.717) is 5.75 Å². The van der Waals surface area contributed by atoms with Gasteiger partial charge in [0.25, 0.3) is 0 Å². The fourth-order valence-corrected chi connectivity index (χ4v) is 1.51. The standard InChI is InChI=1S/C11H11BrO3/c1-7(13)3-4-8-5-10(14)11(15-2)6-9(8)12/h3-6,14H,1-2H3/b4-3+. The van der Waals surface area contributed by atoms with Crippen molar-refractivity contribution in [3.8, 4) is 11.5 Å². The Morgan fingerprint density at radius 1 is 1.53 bits per heavy atom. The molecule has 1 rings (SSSR count). The molecule has 0 amide bonds. The minimum atomic E-state index is -0.0443. The number of carbonyl (C=O) groups is 1. The van der Waals surface area contributed by atoms with Crippen molar-refractivity contribution in [2.24, 2.45) is 0 Å². The van der Waals surface area contributed by atoms with E-state index in [1.165, 1.54) is 26.2 Å². The van der Waals surface area contributed by atoms with Crippen molar-refractivity contribution < 1.29 is 14.6 Å². The highest BCUT2D eigenvalue weighted by atomic mass is 79.9. The molecule has 0 atom stereocenters. The summed E-state index contributed by atoms with van der Waals surface area (Å²) in [6, 6.07) is 3.18. The molecule has 0 fully saturated rings. The van der Waals surface area contributed by atoms with Gasteiger partial charge in [-0.05, 0) is 30.7 Å². The van der Waals surface area contributed by atoms with Crippen LogP contribution in [0.25, 0.3) is 6.08 Å². The van der Waals surface area contributed by atoms with Crippen molar-refractivity contribution in [1.29, 1.82) is 0 Å². The molecular weight excluding hydrogens is 260 g/mol. The number of halogens is 1. The molecule has 1 N–H and O–H groups in total. The van der Waals surface area contributed by atoms with Crippen LogP contribution in [0.5, 0.6) is 11.5 Å². The van der Waals surface area contributed by atoms with Crippen LogP contribution in [-0.4, -0.2) is 18.0 Å². The normalized spacial score (nSPS) is 10.6. The van der Waals surface area contributed by atoms with Gasteiger partial charge in [-0.15, -0.1) is 0 Å². The Morgan fingerprint density at radius 3 is 2.73 bits per heavy atom. The van der Waals surface area contributed by atoms with Crippen LogP contribution in [0.15, 0.2) is 22.7 Å². The summed E-state index contributed by atoms with van der Waals surface area (Å²) in [5, 5.41) is 9.52. The third-order valence-corrected chi connectivity index (χ3v) is 2.48. The van der Waals surface area contributed by atoms with Crippen molar-refractivity contribution in [2.45, 2.75) is 6.92 Å². The van der Waals surface area contributed by atoms with Gasteiger partial charge >= 0.3 is 0 Å². The van der Waals surface area contributed by atoms with E-state index in [-0.39, 0.29) is 11.5 Å². The van der Waals surface area contributed by atoms with Crippen LogP contribution in [0.2, 0.25) is 0 Å². The number of carbonyl (C=O) groups excluding carboxylic acids is 1. The number of aromatic hydroxyl groups is 1. The summed E-state index contributed by atoms with van der Waals surface area (Å²) in [4.78, 5) is 10.7. The fraction of sp³-hybridized carbons (Fsp3) is 0.182. The summed E-state index contributed by atoms with van der Waals surface area (Å²) in [7, 11) is 1.48. The monoisotopic (exact) mass is 270 g/mol. The summed E-state index contributed by atoms with van der Waals surface area (Å²) in [6.45, 7) is 1.47. The van der Waals surface area contributed by atoms with Crippen LogP contribution in [0.1, 0.15) is 12.5 Å². The lowest BCUT2D eigenvalue weighted by Gasteiger charge is -2.05. The Labute approximate surface area is 96.5 Å². The van der Waals surface area contributed by atoms with E-state index < -0.39 is 0 Å². The fourth-order valence-electron chi connectivity index (χ4n) is 1.06. The summed E-state index contributed by atoms with van der Waals surface area (Å²) < 4.78 is 5.69. The van der Waals surface area contributed by atoms with Gasteiger partial charge in [-0.3, -0.25) is 4.79 Å². The van der Waals surface area contributed by atoms with E-state index in [1.54, 1.807) is 12.1 Å². The average molecular weight is 271 g/mol. The first kappa shape index (κ1) is 11.8. The molecule has 0 heterocycles. The zero-order valence-electron chi connectivity index (χ0n) is 8.45. The topological polar surface area (TPSA) is 46.5 Å². The van der Waals surface area contributed by atoms with Crippen molar-refractivity contribution in [3.63, 3.8) is 0 Å². The highest BCUT2D eigenvalue weighted by molar-refractivity contribution is 9.10. The molecule has 0 spiro atoms. The second-order valence-electron chi connectivity index (χ2n) is 2.99. The third kappa shape index (κ3) is 3.09. The summed E-state index contributed by atoms with van der Waals surface area (Å²) >= 11 is 3.32. The molecule has 0 bridgehead atoms. The first-order chi connectivity index (χ1) is 7.04. The lowest BCUT2D eigenvalue weighted by Crippen LogP contribution is -1.86. The summed E-state index contributed by atoms with van der Waals surface area (Å²) in [5.74, 6) is 0.392. The summed E-state index contributed by atoms with van der Waals surface area (Å²) in [6.07, 6.45) is 3.07. The van der Waals surface area contributed by atoms with Crippen molar-refractivity contribution in [3.05, 3.63) is 28.2 Å². The number of ether oxygens (including phenoxy) is 1. The molecule has 80 valence electrons. The molecule has 0 aliphatic rings. The maximum absolute atomic E-state index is 10.7. The minimum absolute atomic E-state index is 0.0443. The van der Waals surface area contributed by atoms with Crippen LogP contribution in [0, 0.1) is 0 Å². The largest absolute Gasteiger partial charge is 0.504 e. The Hall–Kier alpha value is -1.29. The Balaban J connectivity index is 3.10. The Morgan fingerprint density at radius 2 is 2.20 bits per heavy atom. The van der Waals surface area contributed by atoms with Crippen molar-refractivity contribution >= 4 is 27.8 Å². The SMILES string of the molecule is COc1cc(Br)c(/C=C/C(C)=O)cc1O. The molecule has 0 aliphatic carbocycles. The van der Waals surface area contributed by atoms with Gasteiger partial charge in [0.05, 0.1) is 7.11 Å². The quantitative estimate of drug-likeness (QED) is 0.860. The van der Waals surface area contributed by atoms with E-state index in [4.69, 9.17) is 4.74 Å². The molecule has 0 radical (unpaired) electrons. The minimum Gasteiger partial charge on any atom is -0.504 e. The van der Waals surface area contributed by atoms with Crippen molar-refractivity contribution in [2.75, 3.05) is 7.11 Å². The number of methoxy groups -OCH3 is 1. The molecular formula is C11H11BrO3. The van der Waals surface area contributed by atoms with Crippen LogP contribution >= 0.6 is 15.9 Å². The van der Waals surface area contributed by atoms with E-state index in [2.05, 4.69) is 15.9 Å². The van der Waals surface area contributed by atoms with E-state index in [9.17, 15) is 9.90 Å². The molecule has 0 saturated heterocycles. The lowest BCUT2D eigenvalue weighted by molar-refractivity contribution is -0.112. The number of benzene rings is 1. The number of phenols is 1. The van der Waals surface area contributed by atoms with Gasteiger partial charge in [0.1, 0.15) is 0 Å². The zero-order valence-corrected chi connectivity index (χ0v) is 10.0. The number of rotatable bonds is 3. The van der Waals surface area contributed by atoms with Gasteiger partial charge in [-0.2, -0.15) is 0 Å². The molecule has 1 aromatic carbocycles. The smallest absolute Gasteiger partial charge is 0.161 e. The van der Waals surface area contributed by atoms with E-state index in [1.807, 2.05) is 0 Å². The number of ketones is 1. The molecule has 15 heavy (non-hydrogen) atoms. The first-order valence-corrected chi connectivity index (χ1v) is 5.09. The predicted octanol–water partition coefficient (Wildman–Crippen LogP) is 2.77. The molecule has 3 nitrogen and oxygen atoms in total. The lowest BCUT2D eigenvalue weighted by atomic mass is 10.2. The van der Waals surface area contributed by atoms with Crippen LogP contribution in [-0.2, 0) is 4.79 Å². The number of hydrogen-bond acceptors (Lipinski definition) is 3. The highest BCUT2D eigenvalue weighted by Gasteiger charge is 2.05. The highest BCUT2D eigenvalue weighted by Crippen LogP contribution is 2.32. The van der Waals surface area contributed by atoms with Gasteiger partial charge in [0.15, 0.2) is 17.3 Å². The van der Waals surface area contributed by atoms with Gasteiger partial charge in [-0.1, -0.05) is 22.0 Å². The van der Waals surface area contributed by atoms with E-state index >= 15 is 0 Å². The molecule has 0 aliphatic heterocycles. The molecule has 4 heteroatoms. The second-order valence-corrected chi connectivity index (χ2v) is 3.84. The van der Waals surface area contributed by atoms with Crippen LogP contribution < -0.4 is 4.74 Å². The first-order valence-electron chi connectivity index (χ1n) is 4.29. The Bertz CT molecular complexity index is 411. The van der Waals surface area contributed by atoms with Crippen LogP contribution in [0.4, 0.5) is 0 Å². The summed E-state index contributed by atoms with van der Waals surface area (Å²) in [5.41, 5.74) is 0.725. The number of phenolic OH excluding ortho intramolecular Hbond substituents is 1. The molecule has 1 aromatic rings. The second kappa shape index (κ2) is 4.98. The maximum atomic E-state index is 10.7. The molecule has 0 saturated carbocycles. The van der Waals surface area contributed by atoms with E-state index in [0.717, 1.165) is 10.0 Å². The predicted molar refractivity (Wildman–Crippen MR) is 62.1 cm³/mol. The van der Waals surface area contributed by atoms with Crippen molar-refractivity contribution in [1.82, 2.24) is 0 Å². The maximum Gasteiger partial charge on any atom is 0.161 e. The van der Waals surface area contributed by atoms with Gasteiger partial charge < -0.3 is 9.84 Å². The number of hydrogen-bond donors (Lipinski definition) is 1. The third-order valence-electron chi connectivity index (χ3n) is 1.80. The van der Waals surface area contributed by atoms with Gasteiger partial charge in [0, 0.05) is 4.47 Å².